The van der Waals surface area contributed by atoms with E-state index in [1.165, 1.54) is 25.7 Å². The number of imidazole rings is 1. The molecule has 0 amide bonds. The molecule has 0 spiro atoms. The van der Waals surface area contributed by atoms with E-state index in [2.05, 4.69) is 16.5 Å². The molecule has 1 fully saturated rings. The molecule has 1 aromatic rings. The van der Waals surface area contributed by atoms with Crippen molar-refractivity contribution in [3.05, 3.63) is 18.2 Å². The summed E-state index contributed by atoms with van der Waals surface area (Å²) in [5, 5.41) is 9.11. The van der Waals surface area contributed by atoms with Gasteiger partial charge in [-0.1, -0.05) is 19.8 Å². The molecular formula is C13H23N3O. The van der Waals surface area contributed by atoms with Gasteiger partial charge in [-0.15, -0.1) is 0 Å². The third kappa shape index (κ3) is 3.07. The molecule has 3 atom stereocenters. The molecule has 1 saturated carbocycles. The van der Waals surface area contributed by atoms with Crippen LogP contribution in [0, 0.1) is 11.8 Å². The van der Waals surface area contributed by atoms with Crippen molar-refractivity contribution in [2.45, 2.75) is 45.2 Å². The van der Waals surface area contributed by atoms with Crippen LogP contribution in [0.3, 0.4) is 0 Å². The van der Waals surface area contributed by atoms with Gasteiger partial charge in [-0.05, 0) is 24.7 Å². The molecule has 4 nitrogen and oxygen atoms in total. The molecule has 0 saturated heterocycles. The highest BCUT2D eigenvalue weighted by atomic mass is 16.3. The molecule has 0 aromatic carbocycles. The Labute approximate surface area is 103 Å². The van der Waals surface area contributed by atoms with Gasteiger partial charge in [0.05, 0.1) is 24.7 Å². The van der Waals surface area contributed by atoms with Crippen molar-refractivity contribution >= 4 is 0 Å². The van der Waals surface area contributed by atoms with Crippen LogP contribution in [-0.4, -0.2) is 21.3 Å². The second kappa shape index (κ2) is 5.65. The third-order valence-corrected chi connectivity index (χ3v) is 3.82. The van der Waals surface area contributed by atoms with Gasteiger partial charge in [-0.25, -0.2) is 4.98 Å². The van der Waals surface area contributed by atoms with Gasteiger partial charge in [-0.3, -0.25) is 0 Å². The van der Waals surface area contributed by atoms with Crippen molar-refractivity contribution in [1.82, 2.24) is 9.55 Å². The van der Waals surface area contributed by atoms with Crippen LogP contribution in [0.15, 0.2) is 12.5 Å². The maximum absolute atomic E-state index is 9.11. The highest BCUT2D eigenvalue weighted by Gasteiger charge is 2.20. The minimum atomic E-state index is -0.307. The minimum Gasteiger partial charge on any atom is -0.394 e. The van der Waals surface area contributed by atoms with Gasteiger partial charge in [0.25, 0.3) is 0 Å². The molecule has 3 unspecified atom stereocenters. The topological polar surface area (TPSA) is 64.1 Å². The number of nitrogens with two attached hydrogens (primary N) is 1. The number of nitrogens with zero attached hydrogens (tertiary/aromatic N) is 2. The zero-order valence-corrected chi connectivity index (χ0v) is 10.5. The predicted molar refractivity (Wildman–Crippen MR) is 67.4 cm³/mol. The second-order valence-electron chi connectivity index (χ2n) is 5.40. The van der Waals surface area contributed by atoms with E-state index in [1.807, 2.05) is 6.33 Å². The van der Waals surface area contributed by atoms with Crippen LogP contribution in [-0.2, 0) is 6.54 Å². The van der Waals surface area contributed by atoms with E-state index in [9.17, 15) is 0 Å². The Bertz CT molecular complexity index is 350. The number of aliphatic hydroxyl groups is 1. The largest absolute Gasteiger partial charge is 0.394 e. The summed E-state index contributed by atoms with van der Waals surface area (Å²) in [7, 11) is 0. The van der Waals surface area contributed by atoms with E-state index in [1.54, 1.807) is 6.20 Å². The van der Waals surface area contributed by atoms with Crippen molar-refractivity contribution in [3.63, 3.8) is 0 Å². The van der Waals surface area contributed by atoms with Crippen LogP contribution >= 0.6 is 0 Å². The minimum absolute atomic E-state index is 0.0211. The van der Waals surface area contributed by atoms with Crippen LogP contribution in [0.2, 0.25) is 0 Å². The molecule has 0 aliphatic heterocycles. The second-order valence-corrected chi connectivity index (χ2v) is 5.40. The van der Waals surface area contributed by atoms with Crippen LogP contribution in [0.25, 0.3) is 0 Å². The van der Waals surface area contributed by atoms with Crippen molar-refractivity contribution in [2.24, 2.45) is 17.6 Å². The van der Waals surface area contributed by atoms with E-state index in [4.69, 9.17) is 10.8 Å². The van der Waals surface area contributed by atoms with Crippen LogP contribution in [0.4, 0.5) is 0 Å². The summed E-state index contributed by atoms with van der Waals surface area (Å²) in [6, 6.07) is -0.307. The third-order valence-electron chi connectivity index (χ3n) is 3.82. The normalized spacial score (nSPS) is 27.0. The van der Waals surface area contributed by atoms with E-state index < -0.39 is 0 Å². The maximum Gasteiger partial charge on any atom is 0.0948 e. The molecule has 1 aliphatic rings. The first-order valence-corrected chi connectivity index (χ1v) is 6.57. The lowest BCUT2D eigenvalue weighted by Gasteiger charge is -2.27. The monoisotopic (exact) mass is 237 g/mol. The lowest BCUT2D eigenvalue weighted by atomic mass is 9.82. The molecule has 1 aromatic heterocycles. The van der Waals surface area contributed by atoms with E-state index in [0.29, 0.717) is 0 Å². The van der Waals surface area contributed by atoms with Gasteiger partial charge < -0.3 is 15.4 Å². The first-order valence-electron chi connectivity index (χ1n) is 6.57. The number of aromatic nitrogens is 2. The summed E-state index contributed by atoms with van der Waals surface area (Å²) in [6.45, 7) is 3.31. The lowest BCUT2D eigenvalue weighted by Crippen LogP contribution is -2.23. The zero-order valence-electron chi connectivity index (χ0n) is 10.5. The summed E-state index contributed by atoms with van der Waals surface area (Å²) in [6.07, 6.45) is 8.91. The molecule has 4 heteroatoms. The fourth-order valence-corrected chi connectivity index (χ4v) is 2.89. The van der Waals surface area contributed by atoms with Gasteiger partial charge in [-0.2, -0.15) is 0 Å². The van der Waals surface area contributed by atoms with Crippen molar-refractivity contribution < 1.29 is 5.11 Å². The number of rotatable bonds is 4. The number of hydrogen-bond donors (Lipinski definition) is 2. The van der Waals surface area contributed by atoms with Crippen LogP contribution < -0.4 is 5.73 Å². The Morgan fingerprint density at radius 3 is 3.12 bits per heavy atom. The van der Waals surface area contributed by atoms with Crippen molar-refractivity contribution in [2.75, 3.05) is 6.61 Å². The molecule has 2 rings (SSSR count). The SMILES string of the molecule is CC1CCCC(Cn2cncc2C(N)CO)C1. The van der Waals surface area contributed by atoms with E-state index >= 15 is 0 Å². The summed E-state index contributed by atoms with van der Waals surface area (Å²) < 4.78 is 2.11. The molecule has 0 bridgehead atoms. The Hall–Kier alpha value is -0.870. The number of hydrogen-bond acceptors (Lipinski definition) is 3. The molecule has 0 radical (unpaired) electrons. The highest BCUT2D eigenvalue weighted by molar-refractivity contribution is 5.04. The van der Waals surface area contributed by atoms with Crippen molar-refractivity contribution in [1.29, 1.82) is 0 Å². The zero-order chi connectivity index (χ0) is 12.3. The molecule has 17 heavy (non-hydrogen) atoms. The Kier molecular flexibility index (Phi) is 4.18. The van der Waals surface area contributed by atoms with E-state index in [0.717, 1.165) is 24.1 Å². The first-order chi connectivity index (χ1) is 8.20. The van der Waals surface area contributed by atoms with Gasteiger partial charge in [0.1, 0.15) is 0 Å². The first kappa shape index (κ1) is 12.6. The standard InChI is InChI=1S/C13H23N3O/c1-10-3-2-4-11(5-10)7-16-9-15-6-13(16)12(14)8-17/h6,9-12,17H,2-5,7-8,14H2,1H3. The average molecular weight is 237 g/mol. The molecular weight excluding hydrogens is 214 g/mol. The van der Waals surface area contributed by atoms with Gasteiger partial charge in [0.2, 0.25) is 0 Å². The Morgan fingerprint density at radius 2 is 2.41 bits per heavy atom. The smallest absolute Gasteiger partial charge is 0.0948 e. The summed E-state index contributed by atoms with van der Waals surface area (Å²) in [4.78, 5) is 4.15. The van der Waals surface area contributed by atoms with Crippen LogP contribution in [0.5, 0.6) is 0 Å². The fraction of sp³-hybridized carbons (Fsp3) is 0.769. The molecule has 3 N–H and O–H groups in total. The lowest BCUT2D eigenvalue weighted by molar-refractivity contribution is 0.243. The maximum atomic E-state index is 9.11. The number of aliphatic hydroxyl groups excluding tert-OH is 1. The van der Waals surface area contributed by atoms with Gasteiger partial charge in [0.15, 0.2) is 0 Å². The summed E-state index contributed by atoms with van der Waals surface area (Å²) >= 11 is 0. The molecule has 1 heterocycles. The van der Waals surface area contributed by atoms with E-state index in [-0.39, 0.29) is 12.6 Å². The van der Waals surface area contributed by atoms with Gasteiger partial charge in [0, 0.05) is 12.7 Å². The molecule has 96 valence electrons. The van der Waals surface area contributed by atoms with Crippen molar-refractivity contribution in [3.8, 4) is 0 Å². The molecule has 1 aliphatic carbocycles. The Morgan fingerprint density at radius 1 is 1.59 bits per heavy atom. The fourth-order valence-electron chi connectivity index (χ4n) is 2.89. The quantitative estimate of drug-likeness (QED) is 0.837. The highest BCUT2D eigenvalue weighted by Crippen LogP contribution is 2.30. The summed E-state index contributed by atoms with van der Waals surface area (Å²) in [5.74, 6) is 1.57. The predicted octanol–water partition coefficient (Wildman–Crippen LogP) is 1.70. The van der Waals surface area contributed by atoms with Crippen LogP contribution in [0.1, 0.15) is 44.3 Å². The average Bonchev–Trinajstić information content (AvgIpc) is 2.76. The van der Waals surface area contributed by atoms with Gasteiger partial charge >= 0.3 is 0 Å². The summed E-state index contributed by atoms with van der Waals surface area (Å²) in [5.41, 5.74) is 6.81. The Balaban J connectivity index is 2.00.